The van der Waals surface area contributed by atoms with Crippen LogP contribution in [0.1, 0.15) is 64.8 Å². The summed E-state index contributed by atoms with van der Waals surface area (Å²) in [6.07, 6.45) is 9.69. The quantitative estimate of drug-likeness (QED) is 0.300. The Morgan fingerprint density at radius 1 is 1.14 bits per heavy atom. The zero-order valence-electron chi connectivity index (χ0n) is 24.6. The van der Waals surface area contributed by atoms with Gasteiger partial charge in [-0.15, -0.1) is 0 Å². The molecule has 3 aliphatic rings. The molecule has 0 saturated heterocycles. The number of nitrogens with one attached hydrogen (secondary N) is 1. The Bertz CT molecular complexity index is 1460. The first-order valence-electron chi connectivity index (χ1n) is 14.7. The summed E-state index contributed by atoms with van der Waals surface area (Å²) in [4.78, 5) is 28.0. The molecule has 2 unspecified atom stereocenters. The average molecular weight is 604 g/mol. The van der Waals surface area contributed by atoms with Crippen molar-refractivity contribution in [2.24, 2.45) is 17.8 Å². The second kappa shape index (κ2) is 12.4. The van der Waals surface area contributed by atoms with E-state index in [1.165, 1.54) is 60.9 Å². The summed E-state index contributed by atoms with van der Waals surface area (Å²) in [5.41, 5.74) is 6.66. The number of alkyl halides is 2. The zero-order valence-corrected chi connectivity index (χ0v) is 25.4. The van der Waals surface area contributed by atoms with E-state index < -0.39 is 29.1 Å². The number of nitrogen functional groups attached to an aromatic ring is 1. The van der Waals surface area contributed by atoms with Gasteiger partial charge in [0.15, 0.2) is 5.65 Å². The van der Waals surface area contributed by atoms with Crippen LogP contribution in [-0.2, 0) is 0 Å². The second-order valence-corrected chi connectivity index (χ2v) is 13.1. The fraction of sp³-hybridized carbons (Fsp3) is 0.600. The molecule has 2 atom stereocenters. The third-order valence-electron chi connectivity index (χ3n) is 8.76. The van der Waals surface area contributed by atoms with Gasteiger partial charge in [-0.05, 0) is 71.7 Å². The normalized spacial score (nSPS) is 23.1. The van der Waals surface area contributed by atoms with Crippen LogP contribution in [0.2, 0.25) is 0 Å². The number of halogens is 3. The molecule has 12 heteroatoms. The largest absolute Gasteiger partial charge is 0.368 e. The maximum Gasteiger partial charge on any atom is 0.278 e. The van der Waals surface area contributed by atoms with Gasteiger partial charge in [0.1, 0.15) is 17.0 Å². The Morgan fingerprint density at radius 3 is 2.43 bits per heavy atom. The van der Waals surface area contributed by atoms with Gasteiger partial charge in [-0.2, -0.15) is 4.98 Å². The smallest absolute Gasteiger partial charge is 0.278 e. The van der Waals surface area contributed by atoms with Crippen LogP contribution < -0.4 is 16.0 Å². The molecule has 228 valence electrons. The van der Waals surface area contributed by atoms with Crippen LogP contribution in [0.5, 0.6) is 0 Å². The Kier molecular flexibility index (Phi) is 9.03. The molecule has 0 aliphatic heterocycles. The molecule has 0 radical (unpaired) electrons. The van der Waals surface area contributed by atoms with Gasteiger partial charge in [0.05, 0.1) is 11.9 Å². The van der Waals surface area contributed by atoms with E-state index in [0.29, 0.717) is 35.3 Å². The highest BCUT2D eigenvalue weighted by molar-refractivity contribution is 8.00. The van der Waals surface area contributed by atoms with E-state index >= 15 is 0 Å². The number of benzene rings is 1. The molecule has 2 heterocycles. The topological polar surface area (TPSA) is 102 Å². The minimum absolute atomic E-state index is 0.0353. The monoisotopic (exact) mass is 603 g/mol. The van der Waals surface area contributed by atoms with Crippen LogP contribution in [0.25, 0.3) is 22.4 Å². The van der Waals surface area contributed by atoms with Crippen LogP contribution in [0.3, 0.4) is 0 Å². The van der Waals surface area contributed by atoms with Gasteiger partial charge >= 0.3 is 0 Å². The van der Waals surface area contributed by atoms with Crippen LogP contribution in [0.4, 0.5) is 24.8 Å². The molecule has 3 aromatic rings. The molecule has 3 saturated carbocycles. The van der Waals surface area contributed by atoms with Gasteiger partial charge in [-0.3, -0.25) is 9.36 Å². The summed E-state index contributed by atoms with van der Waals surface area (Å²) in [7, 11) is 4.38. The molecular formula is C30H40F3N7OS. The van der Waals surface area contributed by atoms with Crippen molar-refractivity contribution in [3.05, 3.63) is 40.6 Å². The molecule has 42 heavy (non-hydrogen) atoms. The number of fused-ring (bicyclic) bond motifs is 2. The SMILES string of the molecule is CC(C)n1c(=O)c(-c2ccc(NSCC3CC4C(C3)C4(F)F)c(F)c2)nc2cnc(N)nc21.CN(C)C1CCCCC1. The van der Waals surface area contributed by atoms with Crippen molar-refractivity contribution in [3.8, 4) is 11.3 Å². The highest BCUT2D eigenvalue weighted by atomic mass is 32.2. The molecule has 8 nitrogen and oxygen atoms in total. The number of nitrogens with two attached hydrogens (primary N) is 1. The van der Waals surface area contributed by atoms with E-state index in [-0.39, 0.29) is 29.3 Å². The molecule has 0 bridgehead atoms. The van der Waals surface area contributed by atoms with E-state index in [2.05, 4.69) is 38.7 Å². The molecule has 0 spiro atoms. The van der Waals surface area contributed by atoms with Crippen molar-refractivity contribution in [1.29, 1.82) is 0 Å². The minimum Gasteiger partial charge on any atom is -0.368 e. The zero-order chi connectivity index (χ0) is 30.2. The van der Waals surface area contributed by atoms with Crippen molar-refractivity contribution >= 4 is 34.7 Å². The van der Waals surface area contributed by atoms with Gasteiger partial charge in [0.25, 0.3) is 11.5 Å². The Labute approximate surface area is 248 Å². The fourth-order valence-electron chi connectivity index (χ4n) is 6.32. The predicted molar refractivity (Wildman–Crippen MR) is 163 cm³/mol. The van der Waals surface area contributed by atoms with Gasteiger partial charge in [-0.1, -0.05) is 37.3 Å². The summed E-state index contributed by atoms with van der Waals surface area (Å²) < 4.78 is 45.9. The first-order chi connectivity index (χ1) is 20.0. The molecule has 3 fully saturated rings. The summed E-state index contributed by atoms with van der Waals surface area (Å²) in [5, 5.41) is 0. The van der Waals surface area contributed by atoms with Gasteiger partial charge < -0.3 is 15.4 Å². The maximum absolute atomic E-state index is 14.8. The van der Waals surface area contributed by atoms with Crippen LogP contribution in [0.15, 0.2) is 29.2 Å². The summed E-state index contributed by atoms with van der Waals surface area (Å²) >= 11 is 1.31. The molecule has 6 rings (SSSR count). The highest BCUT2D eigenvalue weighted by Gasteiger charge is 2.71. The van der Waals surface area contributed by atoms with Gasteiger partial charge in [-0.25, -0.2) is 23.1 Å². The van der Waals surface area contributed by atoms with Crippen LogP contribution >= 0.6 is 11.9 Å². The third-order valence-corrected chi connectivity index (χ3v) is 9.76. The van der Waals surface area contributed by atoms with E-state index in [4.69, 9.17) is 5.73 Å². The molecule has 3 N–H and O–H groups in total. The van der Waals surface area contributed by atoms with Crippen molar-refractivity contribution in [2.45, 2.75) is 76.8 Å². The van der Waals surface area contributed by atoms with E-state index in [1.54, 1.807) is 12.1 Å². The number of anilines is 2. The first-order valence-corrected chi connectivity index (χ1v) is 15.7. The lowest BCUT2D eigenvalue weighted by Gasteiger charge is -2.27. The molecular weight excluding hydrogens is 563 g/mol. The number of aromatic nitrogens is 4. The molecule has 3 aliphatic carbocycles. The van der Waals surface area contributed by atoms with Gasteiger partial charge in [0.2, 0.25) is 5.95 Å². The Hall–Kier alpha value is -2.86. The molecule has 2 aromatic heterocycles. The number of rotatable bonds is 7. The van der Waals surface area contributed by atoms with E-state index in [9.17, 15) is 18.0 Å². The second-order valence-electron chi connectivity index (χ2n) is 12.3. The Balaban J connectivity index is 0.000000336. The van der Waals surface area contributed by atoms with Crippen molar-refractivity contribution in [3.63, 3.8) is 0 Å². The van der Waals surface area contributed by atoms with E-state index in [1.807, 2.05) is 13.8 Å². The van der Waals surface area contributed by atoms with Crippen LogP contribution in [-0.4, -0.2) is 56.2 Å². The number of hydrogen-bond acceptors (Lipinski definition) is 8. The standard InChI is InChI=1S/C22H23F3N6OS.C8H17N/c1-10(2)31-19-17(8-27-21(26)29-19)28-18(20(31)32)12-3-4-16(15(23)7-12)30-33-9-11-5-13-14(6-11)22(13,24)25;1-9(2)8-6-4-3-5-7-8/h3-4,7-8,10-11,13-14,30H,5-6,9H2,1-2H3,(H2,26,27,29);8H,3-7H2,1-2H3. The summed E-state index contributed by atoms with van der Waals surface area (Å²) in [6.45, 7) is 3.67. The Morgan fingerprint density at radius 2 is 1.83 bits per heavy atom. The summed E-state index contributed by atoms with van der Waals surface area (Å²) in [5.74, 6) is -3.05. The number of hydrogen-bond donors (Lipinski definition) is 2. The highest BCUT2D eigenvalue weighted by Crippen LogP contribution is 2.65. The third kappa shape index (κ3) is 6.39. The van der Waals surface area contributed by atoms with Crippen molar-refractivity contribution in [1.82, 2.24) is 24.4 Å². The summed E-state index contributed by atoms with van der Waals surface area (Å²) in [6, 6.07) is 5.09. The lowest BCUT2D eigenvalue weighted by atomic mass is 9.95. The lowest BCUT2D eigenvalue weighted by Crippen LogP contribution is -2.29. The maximum atomic E-state index is 14.8. The fourth-order valence-corrected chi connectivity index (χ4v) is 7.23. The molecule has 1 aromatic carbocycles. The average Bonchev–Trinajstić information content (AvgIpc) is 3.24. The van der Waals surface area contributed by atoms with Crippen molar-refractivity contribution in [2.75, 3.05) is 30.3 Å². The predicted octanol–water partition coefficient (Wildman–Crippen LogP) is 6.39. The van der Waals surface area contributed by atoms with Crippen LogP contribution in [0, 0.1) is 23.6 Å². The lowest BCUT2D eigenvalue weighted by molar-refractivity contribution is 0.0658. The number of nitrogens with zero attached hydrogens (tertiary/aromatic N) is 5. The van der Waals surface area contributed by atoms with Gasteiger partial charge in [0, 0.05) is 35.2 Å². The van der Waals surface area contributed by atoms with E-state index in [0.717, 1.165) is 6.04 Å². The van der Waals surface area contributed by atoms with Crippen molar-refractivity contribution < 1.29 is 13.2 Å². The molecule has 0 amide bonds. The first kappa shape index (κ1) is 30.6. The minimum atomic E-state index is -2.47.